The van der Waals surface area contributed by atoms with Crippen LogP contribution in [-0.4, -0.2) is 79.2 Å². The van der Waals surface area contributed by atoms with Crippen LogP contribution in [0, 0.1) is 0 Å². The molecule has 3 rings (SSSR count). The number of nitrogens with one attached hydrogen (secondary N) is 2. The second-order valence-electron chi connectivity index (χ2n) is 8.12. The van der Waals surface area contributed by atoms with Crippen molar-refractivity contribution in [1.82, 2.24) is 10.6 Å². The van der Waals surface area contributed by atoms with E-state index >= 15 is 0 Å². The van der Waals surface area contributed by atoms with E-state index in [0.29, 0.717) is 0 Å². The van der Waals surface area contributed by atoms with E-state index in [2.05, 4.69) is 15.4 Å². The Balaban J connectivity index is 2.00. The van der Waals surface area contributed by atoms with Crippen molar-refractivity contribution in [2.45, 2.75) is 18.5 Å². The maximum Gasteiger partial charge on any atom is 0.397 e. The van der Waals surface area contributed by atoms with Gasteiger partial charge >= 0.3 is 17.8 Å². The molecular weight excluding hydrogens is 500 g/mol. The second kappa shape index (κ2) is 12.3. The molecular formula is C25H24N4O9. The topological polar surface area (TPSA) is 179 Å². The van der Waals surface area contributed by atoms with Gasteiger partial charge < -0.3 is 25.3 Å². The Labute approximate surface area is 216 Å². The average Bonchev–Trinajstić information content (AvgIpc) is 3.02. The highest BCUT2D eigenvalue weighted by molar-refractivity contribution is 6.38. The highest BCUT2D eigenvalue weighted by Crippen LogP contribution is 2.33. The van der Waals surface area contributed by atoms with Crippen LogP contribution in [0.5, 0.6) is 0 Å². The Morgan fingerprint density at radius 3 is 2.29 bits per heavy atom. The fraction of sp³-hybridized carbons (Fsp3) is 0.240. The van der Waals surface area contributed by atoms with Crippen molar-refractivity contribution in [3.05, 3.63) is 60.2 Å². The molecule has 2 atom stereocenters. The second-order valence-corrected chi connectivity index (χ2v) is 8.12. The lowest BCUT2D eigenvalue weighted by Crippen LogP contribution is -2.55. The highest BCUT2D eigenvalue weighted by Gasteiger charge is 2.39. The summed E-state index contributed by atoms with van der Waals surface area (Å²) in [7, 11) is 1.01. The molecule has 0 saturated heterocycles. The minimum atomic E-state index is -1.41. The number of carboxylic acid groups (broad SMARTS) is 1. The molecule has 1 aliphatic heterocycles. The maximum atomic E-state index is 13.7. The molecule has 0 fully saturated rings. The van der Waals surface area contributed by atoms with Gasteiger partial charge in [-0.1, -0.05) is 30.3 Å². The molecule has 38 heavy (non-hydrogen) atoms. The molecule has 0 bridgehead atoms. The van der Waals surface area contributed by atoms with Crippen LogP contribution >= 0.6 is 0 Å². The Hall–Kier alpha value is -5.07. The first-order valence-corrected chi connectivity index (χ1v) is 11.3. The van der Waals surface area contributed by atoms with Crippen LogP contribution in [0.25, 0.3) is 0 Å². The summed E-state index contributed by atoms with van der Waals surface area (Å²) in [6, 6.07) is 11.1. The van der Waals surface area contributed by atoms with Crippen molar-refractivity contribution in [2.75, 3.05) is 30.0 Å². The predicted octanol–water partition coefficient (Wildman–Crippen LogP) is -0.504. The molecule has 1 aliphatic rings. The molecule has 0 spiro atoms. The first-order chi connectivity index (χ1) is 18.2. The van der Waals surface area contributed by atoms with Crippen molar-refractivity contribution in [3.63, 3.8) is 0 Å². The summed E-state index contributed by atoms with van der Waals surface area (Å²) in [6.07, 6.45) is -0.416. The van der Waals surface area contributed by atoms with E-state index in [4.69, 9.17) is 5.11 Å². The number of amides is 4. The van der Waals surface area contributed by atoms with Crippen molar-refractivity contribution < 1.29 is 43.4 Å². The number of anilines is 2. The Kier molecular flexibility index (Phi) is 8.87. The number of methoxy groups -OCH3 is 1. The molecule has 0 radical (unpaired) electrons. The number of rotatable bonds is 8. The largest absolute Gasteiger partial charge is 0.481 e. The van der Waals surface area contributed by atoms with Crippen LogP contribution in [0.3, 0.4) is 0 Å². The van der Waals surface area contributed by atoms with Crippen LogP contribution in [-0.2, 0) is 33.5 Å². The number of para-hydroxylation sites is 2. The van der Waals surface area contributed by atoms with Gasteiger partial charge in [0.15, 0.2) is 0 Å². The number of carboxylic acids is 1. The van der Waals surface area contributed by atoms with Crippen molar-refractivity contribution in [2.24, 2.45) is 0 Å². The van der Waals surface area contributed by atoms with Gasteiger partial charge in [-0.3, -0.25) is 33.8 Å². The summed E-state index contributed by atoms with van der Waals surface area (Å²) < 4.78 is 4.55. The molecule has 3 N–H and O–H groups in total. The Morgan fingerprint density at radius 2 is 1.68 bits per heavy atom. The van der Waals surface area contributed by atoms with E-state index in [-0.39, 0.29) is 23.2 Å². The molecule has 0 aromatic heterocycles. The lowest BCUT2D eigenvalue weighted by atomic mass is 10.1. The number of ether oxygens (including phenoxy) is 1. The number of aldehydes is 1. The molecule has 0 saturated carbocycles. The molecule has 1 heterocycles. The molecule has 2 aromatic rings. The number of aliphatic carboxylic acids is 1. The van der Waals surface area contributed by atoms with E-state index in [1.165, 1.54) is 36.4 Å². The summed E-state index contributed by atoms with van der Waals surface area (Å²) >= 11 is 0. The fourth-order valence-electron chi connectivity index (χ4n) is 3.80. The Bertz CT molecular complexity index is 1260. The van der Waals surface area contributed by atoms with Gasteiger partial charge in [-0.25, -0.2) is 4.79 Å². The summed E-state index contributed by atoms with van der Waals surface area (Å²) in [5.74, 6) is -5.95. The van der Waals surface area contributed by atoms with Crippen LogP contribution in [0.2, 0.25) is 0 Å². The maximum absolute atomic E-state index is 13.7. The fourth-order valence-corrected chi connectivity index (χ4v) is 3.80. The molecule has 198 valence electrons. The standard InChI is InChI=1S/C25H24N4O9/c1-38-25(37)24(36)28-12-17(27-22(34)15-7-3-2-4-8-15)23(35)29(19-10-6-5-9-18(19)28)13-20(31)26-16(14-30)11-21(32)33/h2-10,14,16-17H,11-13H2,1H3,(H,26,31)(H,27,34)(H,32,33)/t16-,17-/m0/s1. The zero-order valence-electron chi connectivity index (χ0n) is 20.2. The minimum absolute atomic E-state index is 0.0576. The van der Waals surface area contributed by atoms with E-state index in [1.54, 1.807) is 18.2 Å². The van der Waals surface area contributed by atoms with Gasteiger partial charge in [0.05, 0.1) is 37.5 Å². The molecule has 2 aromatic carbocycles. The molecule has 0 aliphatic carbocycles. The number of esters is 1. The lowest BCUT2D eigenvalue weighted by Gasteiger charge is -2.25. The number of hydrogen-bond acceptors (Lipinski definition) is 8. The average molecular weight is 524 g/mol. The van der Waals surface area contributed by atoms with Crippen LogP contribution in [0.1, 0.15) is 16.8 Å². The molecule has 0 unspecified atom stereocenters. The number of fused-ring (bicyclic) bond motifs is 1. The van der Waals surface area contributed by atoms with Crippen LogP contribution in [0.15, 0.2) is 54.6 Å². The van der Waals surface area contributed by atoms with E-state index < -0.39 is 67.2 Å². The van der Waals surface area contributed by atoms with Gasteiger partial charge in [-0.05, 0) is 24.3 Å². The predicted molar refractivity (Wildman–Crippen MR) is 131 cm³/mol. The number of carbonyl (C=O) groups is 7. The number of benzene rings is 2. The minimum Gasteiger partial charge on any atom is -0.481 e. The van der Waals surface area contributed by atoms with Crippen molar-refractivity contribution in [3.8, 4) is 0 Å². The van der Waals surface area contributed by atoms with Crippen LogP contribution in [0.4, 0.5) is 11.4 Å². The van der Waals surface area contributed by atoms with Gasteiger partial charge in [-0.15, -0.1) is 0 Å². The normalized spacial score (nSPS) is 15.4. The molecule has 4 amide bonds. The third-order valence-electron chi connectivity index (χ3n) is 5.55. The van der Waals surface area contributed by atoms with Gasteiger partial charge in [0.2, 0.25) is 5.91 Å². The smallest absolute Gasteiger partial charge is 0.397 e. The number of hydrogen-bond donors (Lipinski definition) is 3. The van der Waals surface area contributed by atoms with Gasteiger partial charge in [0.25, 0.3) is 11.8 Å². The van der Waals surface area contributed by atoms with Gasteiger partial charge in [0, 0.05) is 5.56 Å². The molecule has 13 nitrogen and oxygen atoms in total. The summed E-state index contributed by atoms with van der Waals surface area (Å²) in [5.41, 5.74) is 0.361. The van der Waals surface area contributed by atoms with E-state index in [0.717, 1.165) is 16.9 Å². The number of carbonyl (C=O) groups excluding carboxylic acids is 6. The van der Waals surface area contributed by atoms with Crippen molar-refractivity contribution in [1.29, 1.82) is 0 Å². The van der Waals surface area contributed by atoms with E-state index in [1.807, 2.05) is 0 Å². The quantitative estimate of drug-likeness (QED) is 0.233. The zero-order chi connectivity index (χ0) is 27.8. The first-order valence-electron chi connectivity index (χ1n) is 11.3. The summed E-state index contributed by atoms with van der Waals surface area (Å²) in [6.45, 7) is -1.14. The third kappa shape index (κ3) is 6.37. The highest BCUT2D eigenvalue weighted by atomic mass is 16.5. The summed E-state index contributed by atoms with van der Waals surface area (Å²) in [5, 5.41) is 13.7. The van der Waals surface area contributed by atoms with Gasteiger partial charge in [-0.2, -0.15) is 0 Å². The number of nitrogens with zero attached hydrogens (tertiary/aromatic N) is 2. The monoisotopic (exact) mass is 524 g/mol. The zero-order valence-corrected chi connectivity index (χ0v) is 20.2. The van der Waals surface area contributed by atoms with Crippen LogP contribution < -0.4 is 20.4 Å². The lowest BCUT2D eigenvalue weighted by molar-refractivity contribution is -0.151. The Morgan fingerprint density at radius 1 is 1.05 bits per heavy atom. The van der Waals surface area contributed by atoms with E-state index in [9.17, 15) is 33.6 Å². The molecule has 13 heteroatoms. The van der Waals surface area contributed by atoms with Crippen molar-refractivity contribution >= 4 is 53.2 Å². The van der Waals surface area contributed by atoms with Gasteiger partial charge in [0.1, 0.15) is 18.9 Å². The SMILES string of the molecule is COC(=O)C(=O)N1C[C@H](NC(=O)c2ccccc2)C(=O)N(CC(=O)N[C@H](C=O)CC(=O)O)c2ccccc21. The first kappa shape index (κ1) is 27.5. The third-order valence-corrected chi connectivity index (χ3v) is 5.55. The summed E-state index contributed by atoms with van der Waals surface area (Å²) in [4.78, 5) is 88.4.